The van der Waals surface area contributed by atoms with E-state index in [0.29, 0.717) is 11.3 Å². The monoisotopic (exact) mass is 266 g/mol. The molecule has 2 aromatic rings. The van der Waals surface area contributed by atoms with Crippen molar-refractivity contribution >= 4 is 11.8 Å². The molecule has 0 bridgehead atoms. The molecule has 0 aromatic heterocycles. The molecule has 4 nitrogen and oxygen atoms in total. The lowest BCUT2D eigenvalue weighted by Crippen LogP contribution is -2.26. The highest BCUT2D eigenvalue weighted by molar-refractivity contribution is 5.86. The van der Waals surface area contributed by atoms with Crippen LogP contribution in [0.1, 0.15) is 11.1 Å². The van der Waals surface area contributed by atoms with Gasteiger partial charge >= 0.3 is 6.09 Å². The van der Waals surface area contributed by atoms with Gasteiger partial charge in [0.05, 0.1) is 11.6 Å². The second kappa shape index (κ2) is 6.39. The number of benzene rings is 2. The van der Waals surface area contributed by atoms with E-state index in [2.05, 4.69) is 0 Å². The molecule has 0 saturated heterocycles. The first kappa shape index (κ1) is 13.6. The Bertz CT molecular complexity index is 615. The number of nitriles is 1. The van der Waals surface area contributed by atoms with Crippen LogP contribution in [0.2, 0.25) is 0 Å². The quantitative estimate of drug-likeness (QED) is 0.856. The molecule has 0 saturated carbocycles. The summed E-state index contributed by atoms with van der Waals surface area (Å²) in [7, 11) is 1.63. The molecule has 0 aliphatic rings. The van der Waals surface area contributed by atoms with Crippen LogP contribution in [-0.2, 0) is 11.3 Å². The van der Waals surface area contributed by atoms with Gasteiger partial charge in [-0.3, -0.25) is 4.90 Å². The van der Waals surface area contributed by atoms with Crippen LogP contribution >= 0.6 is 0 Å². The van der Waals surface area contributed by atoms with Crippen LogP contribution in [0.4, 0.5) is 10.5 Å². The smallest absolute Gasteiger partial charge is 0.414 e. The molecule has 0 aliphatic carbocycles. The van der Waals surface area contributed by atoms with Crippen molar-refractivity contribution in [3.8, 4) is 6.07 Å². The summed E-state index contributed by atoms with van der Waals surface area (Å²) in [5.74, 6) is 0. The van der Waals surface area contributed by atoms with Crippen molar-refractivity contribution in [2.75, 3.05) is 11.9 Å². The van der Waals surface area contributed by atoms with E-state index in [0.717, 1.165) is 5.56 Å². The second-order valence-corrected chi connectivity index (χ2v) is 4.26. The Morgan fingerprint density at radius 3 is 2.40 bits per heavy atom. The van der Waals surface area contributed by atoms with Gasteiger partial charge in [-0.05, 0) is 29.8 Å². The Kier molecular flexibility index (Phi) is 4.35. The number of rotatable bonds is 3. The number of nitrogens with zero attached hydrogens (tertiary/aromatic N) is 2. The fraction of sp³-hybridized carbons (Fsp3) is 0.125. The van der Waals surface area contributed by atoms with Gasteiger partial charge in [0.2, 0.25) is 0 Å². The topological polar surface area (TPSA) is 53.3 Å². The van der Waals surface area contributed by atoms with Crippen molar-refractivity contribution in [1.82, 2.24) is 0 Å². The molecule has 0 radical (unpaired) electrons. The third kappa shape index (κ3) is 3.36. The van der Waals surface area contributed by atoms with Crippen LogP contribution in [-0.4, -0.2) is 13.1 Å². The third-order valence-electron chi connectivity index (χ3n) is 2.86. The molecular weight excluding hydrogens is 252 g/mol. The predicted octanol–water partition coefficient (Wildman–Crippen LogP) is 3.33. The summed E-state index contributed by atoms with van der Waals surface area (Å²) in [6.07, 6.45) is -0.432. The first-order valence-electron chi connectivity index (χ1n) is 6.15. The molecule has 0 atom stereocenters. The minimum absolute atomic E-state index is 0.236. The van der Waals surface area contributed by atoms with Gasteiger partial charge in [-0.15, -0.1) is 0 Å². The lowest BCUT2D eigenvalue weighted by atomic mass is 10.2. The molecule has 0 aliphatic heterocycles. The van der Waals surface area contributed by atoms with Crippen molar-refractivity contribution in [3.05, 3.63) is 65.7 Å². The van der Waals surface area contributed by atoms with Gasteiger partial charge in [0, 0.05) is 12.7 Å². The number of carbonyl (C=O) groups excluding carboxylic acids is 1. The van der Waals surface area contributed by atoms with Crippen molar-refractivity contribution in [2.45, 2.75) is 6.61 Å². The molecule has 2 aromatic carbocycles. The van der Waals surface area contributed by atoms with E-state index in [9.17, 15) is 4.79 Å². The Morgan fingerprint density at radius 2 is 1.80 bits per heavy atom. The third-order valence-corrected chi connectivity index (χ3v) is 2.86. The zero-order valence-electron chi connectivity index (χ0n) is 11.1. The fourth-order valence-corrected chi connectivity index (χ4v) is 1.68. The van der Waals surface area contributed by atoms with E-state index in [1.54, 1.807) is 31.3 Å². The molecule has 0 spiro atoms. The molecule has 0 N–H and O–H groups in total. The number of hydrogen-bond acceptors (Lipinski definition) is 3. The molecule has 0 fully saturated rings. The Labute approximate surface area is 117 Å². The van der Waals surface area contributed by atoms with Crippen molar-refractivity contribution in [3.63, 3.8) is 0 Å². The maximum absolute atomic E-state index is 11.9. The zero-order chi connectivity index (χ0) is 14.4. The summed E-state index contributed by atoms with van der Waals surface area (Å²) in [4.78, 5) is 13.3. The van der Waals surface area contributed by atoms with E-state index >= 15 is 0 Å². The number of amides is 1. The zero-order valence-corrected chi connectivity index (χ0v) is 11.1. The summed E-state index contributed by atoms with van der Waals surface area (Å²) in [5.41, 5.74) is 2.18. The van der Waals surface area contributed by atoms with Crippen molar-refractivity contribution < 1.29 is 9.53 Å². The van der Waals surface area contributed by atoms with E-state index < -0.39 is 6.09 Å². The Balaban J connectivity index is 1.96. The molecule has 20 heavy (non-hydrogen) atoms. The molecule has 1 amide bonds. The Morgan fingerprint density at radius 1 is 1.15 bits per heavy atom. The second-order valence-electron chi connectivity index (χ2n) is 4.26. The minimum atomic E-state index is -0.432. The van der Waals surface area contributed by atoms with Crippen molar-refractivity contribution in [1.29, 1.82) is 5.26 Å². The molecule has 0 heterocycles. The SMILES string of the molecule is CN(C(=O)OCc1ccccc1)c1ccc(C#N)cc1. The first-order valence-corrected chi connectivity index (χ1v) is 6.15. The van der Waals surface area contributed by atoms with Gasteiger partial charge in [0.25, 0.3) is 0 Å². The highest BCUT2D eigenvalue weighted by atomic mass is 16.6. The summed E-state index contributed by atoms with van der Waals surface area (Å²) < 4.78 is 5.22. The Hall–Kier alpha value is -2.80. The number of hydrogen-bond donors (Lipinski definition) is 0. The van der Waals surface area contributed by atoms with Crippen LogP contribution in [0.3, 0.4) is 0 Å². The van der Waals surface area contributed by atoms with Crippen molar-refractivity contribution in [2.24, 2.45) is 0 Å². The average molecular weight is 266 g/mol. The molecule has 4 heteroatoms. The van der Waals surface area contributed by atoms with Crippen LogP contribution in [0.25, 0.3) is 0 Å². The highest BCUT2D eigenvalue weighted by Gasteiger charge is 2.12. The van der Waals surface area contributed by atoms with E-state index in [1.165, 1.54) is 4.90 Å². The number of anilines is 1. The van der Waals surface area contributed by atoms with Crippen LogP contribution in [0, 0.1) is 11.3 Å². The minimum Gasteiger partial charge on any atom is -0.444 e. The van der Waals surface area contributed by atoms with Gasteiger partial charge in [-0.1, -0.05) is 30.3 Å². The molecular formula is C16H14N2O2. The van der Waals surface area contributed by atoms with Crippen LogP contribution < -0.4 is 4.90 Å². The van der Waals surface area contributed by atoms with Gasteiger partial charge < -0.3 is 4.74 Å². The van der Waals surface area contributed by atoms with Gasteiger partial charge in [0.1, 0.15) is 6.61 Å². The van der Waals surface area contributed by atoms with Gasteiger partial charge in [0.15, 0.2) is 0 Å². The van der Waals surface area contributed by atoms with E-state index in [4.69, 9.17) is 10.00 Å². The lowest BCUT2D eigenvalue weighted by molar-refractivity contribution is 0.148. The molecule has 100 valence electrons. The summed E-state index contributed by atoms with van der Waals surface area (Å²) >= 11 is 0. The lowest BCUT2D eigenvalue weighted by Gasteiger charge is -2.17. The fourth-order valence-electron chi connectivity index (χ4n) is 1.68. The van der Waals surface area contributed by atoms with Gasteiger partial charge in [-0.2, -0.15) is 5.26 Å². The van der Waals surface area contributed by atoms with Gasteiger partial charge in [-0.25, -0.2) is 4.79 Å². The summed E-state index contributed by atoms with van der Waals surface area (Å²) in [6, 6.07) is 18.3. The maximum atomic E-state index is 11.9. The highest BCUT2D eigenvalue weighted by Crippen LogP contribution is 2.15. The molecule has 0 unspecified atom stereocenters. The summed E-state index contributed by atoms with van der Waals surface area (Å²) in [6.45, 7) is 0.236. The molecule has 2 rings (SSSR count). The average Bonchev–Trinajstić information content (AvgIpc) is 2.53. The predicted molar refractivity (Wildman–Crippen MR) is 76.2 cm³/mol. The standard InChI is InChI=1S/C16H14N2O2/c1-18(15-9-7-13(11-17)8-10-15)16(19)20-12-14-5-3-2-4-6-14/h2-10H,12H2,1H3. The summed E-state index contributed by atoms with van der Waals surface area (Å²) in [5, 5.41) is 8.73. The number of carbonyl (C=O) groups is 1. The van der Waals surface area contributed by atoms with E-state index in [-0.39, 0.29) is 6.61 Å². The van der Waals surface area contributed by atoms with Crippen LogP contribution in [0.15, 0.2) is 54.6 Å². The van der Waals surface area contributed by atoms with Crippen LogP contribution in [0.5, 0.6) is 0 Å². The normalized spacial score (nSPS) is 9.60. The van der Waals surface area contributed by atoms with E-state index in [1.807, 2.05) is 36.4 Å². The maximum Gasteiger partial charge on any atom is 0.414 e. The first-order chi connectivity index (χ1) is 9.70. The number of ether oxygens (including phenoxy) is 1. The largest absolute Gasteiger partial charge is 0.444 e.